The Balaban J connectivity index is 2.68. The fraction of sp³-hybridized carbons (Fsp3) is 0.417. The summed E-state index contributed by atoms with van der Waals surface area (Å²) in [4.78, 5) is 13.2. The average Bonchev–Trinajstić information content (AvgIpc) is 2.29. The van der Waals surface area contributed by atoms with Gasteiger partial charge in [0.25, 0.3) is 0 Å². The lowest BCUT2D eigenvalue weighted by atomic mass is 10.2. The molecular weight excluding hydrogens is 305 g/mol. The highest BCUT2D eigenvalue weighted by molar-refractivity contribution is 9.10. The van der Waals surface area contributed by atoms with Gasteiger partial charge in [0.15, 0.2) is 0 Å². The van der Waals surface area contributed by atoms with Gasteiger partial charge in [-0.3, -0.25) is 4.79 Å². The Labute approximate surface area is 115 Å². The second-order valence-corrected chi connectivity index (χ2v) is 4.89. The van der Waals surface area contributed by atoms with E-state index in [0.29, 0.717) is 18.8 Å². The van der Waals surface area contributed by atoms with Crippen LogP contribution in [0.2, 0.25) is 0 Å². The number of carbonyl (C=O) groups excluding carboxylic acids is 1. The Morgan fingerprint density at radius 2 is 2.24 bits per heavy atom. The molecule has 0 aromatic heterocycles. The Hall–Kier alpha value is -0.740. The summed E-state index contributed by atoms with van der Waals surface area (Å²) in [5.41, 5.74) is 1.04. The van der Waals surface area contributed by atoms with Crippen LogP contribution in [-0.2, 0) is 11.3 Å². The third kappa shape index (κ3) is 4.21. The van der Waals surface area contributed by atoms with Crippen LogP contribution in [-0.4, -0.2) is 30.8 Å². The molecule has 0 unspecified atom stereocenters. The second-order valence-electron chi connectivity index (χ2n) is 3.66. The van der Waals surface area contributed by atoms with Gasteiger partial charge in [0.2, 0.25) is 5.91 Å². The highest BCUT2D eigenvalue weighted by Crippen LogP contribution is 2.25. The zero-order chi connectivity index (χ0) is 12.8. The molecule has 1 amide bonds. The van der Waals surface area contributed by atoms with E-state index in [1.165, 1.54) is 0 Å². The van der Waals surface area contributed by atoms with Crippen molar-refractivity contribution in [3.05, 3.63) is 28.2 Å². The molecule has 0 aliphatic heterocycles. The quantitative estimate of drug-likeness (QED) is 0.780. The summed E-state index contributed by atoms with van der Waals surface area (Å²) in [5, 5.41) is 0. The zero-order valence-electron chi connectivity index (χ0n) is 9.87. The fourth-order valence-corrected chi connectivity index (χ4v) is 2.19. The molecule has 0 spiro atoms. The number of hydrogen-bond acceptors (Lipinski definition) is 2. The third-order valence-corrected chi connectivity index (χ3v) is 3.18. The van der Waals surface area contributed by atoms with Gasteiger partial charge in [-0.25, -0.2) is 0 Å². The molecule has 3 nitrogen and oxygen atoms in total. The molecule has 17 heavy (non-hydrogen) atoms. The summed E-state index contributed by atoms with van der Waals surface area (Å²) in [7, 11) is 3.39. The number of benzene rings is 1. The summed E-state index contributed by atoms with van der Waals surface area (Å²) in [6, 6.07) is 5.76. The predicted molar refractivity (Wildman–Crippen MR) is 72.5 cm³/mol. The van der Waals surface area contributed by atoms with E-state index in [0.717, 1.165) is 15.8 Å². The number of methoxy groups -OCH3 is 1. The van der Waals surface area contributed by atoms with E-state index in [4.69, 9.17) is 16.3 Å². The Kier molecular flexibility index (Phi) is 5.78. The second kappa shape index (κ2) is 6.87. The Bertz CT molecular complexity index is 398. The van der Waals surface area contributed by atoms with Crippen molar-refractivity contribution >= 4 is 33.4 Å². The first-order valence-corrected chi connectivity index (χ1v) is 6.53. The van der Waals surface area contributed by atoms with Gasteiger partial charge >= 0.3 is 0 Å². The smallest absolute Gasteiger partial charge is 0.223 e. The molecule has 0 radical (unpaired) electrons. The fourth-order valence-electron chi connectivity index (χ4n) is 1.44. The highest BCUT2D eigenvalue weighted by atomic mass is 79.9. The molecule has 0 heterocycles. The van der Waals surface area contributed by atoms with Crippen molar-refractivity contribution in [3.63, 3.8) is 0 Å². The molecule has 1 aromatic carbocycles. The van der Waals surface area contributed by atoms with Gasteiger partial charge in [-0.2, -0.15) is 0 Å². The van der Waals surface area contributed by atoms with Crippen molar-refractivity contribution in [1.82, 2.24) is 4.90 Å². The van der Waals surface area contributed by atoms with E-state index in [2.05, 4.69) is 15.9 Å². The standard InChI is InChI=1S/C12H15BrClNO2/c1-15(12(16)5-6-14)8-9-3-4-11(17-2)10(13)7-9/h3-4,7H,5-6,8H2,1-2H3. The highest BCUT2D eigenvalue weighted by Gasteiger charge is 2.09. The monoisotopic (exact) mass is 319 g/mol. The summed E-state index contributed by atoms with van der Waals surface area (Å²) >= 11 is 8.95. The van der Waals surface area contributed by atoms with Gasteiger partial charge < -0.3 is 9.64 Å². The van der Waals surface area contributed by atoms with Crippen molar-refractivity contribution in [2.45, 2.75) is 13.0 Å². The SMILES string of the molecule is COc1ccc(CN(C)C(=O)CCCl)cc1Br. The molecule has 1 aromatic rings. The first-order valence-electron chi connectivity index (χ1n) is 5.20. The van der Waals surface area contributed by atoms with Crippen molar-refractivity contribution in [3.8, 4) is 5.75 Å². The van der Waals surface area contributed by atoms with Crippen LogP contribution in [0.5, 0.6) is 5.75 Å². The molecule has 94 valence electrons. The summed E-state index contributed by atoms with van der Waals surface area (Å²) in [6.45, 7) is 0.568. The van der Waals surface area contributed by atoms with E-state index >= 15 is 0 Å². The lowest BCUT2D eigenvalue weighted by Gasteiger charge is -2.17. The van der Waals surface area contributed by atoms with Crippen LogP contribution in [0.3, 0.4) is 0 Å². The van der Waals surface area contributed by atoms with Crippen LogP contribution < -0.4 is 4.74 Å². The Morgan fingerprint density at radius 3 is 2.76 bits per heavy atom. The number of amides is 1. The zero-order valence-corrected chi connectivity index (χ0v) is 12.2. The van der Waals surface area contributed by atoms with Crippen LogP contribution in [0.25, 0.3) is 0 Å². The summed E-state index contributed by atoms with van der Waals surface area (Å²) in [5.74, 6) is 1.19. The van der Waals surface area contributed by atoms with Crippen LogP contribution in [0.15, 0.2) is 22.7 Å². The number of ether oxygens (including phenoxy) is 1. The molecule has 0 aliphatic rings. The normalized spacial score (nSPS) is 10.1. The molecule has 0 fully saturated rings. The maximum atomic E-state index is 11.6. The third-order valence-electron chi connectivity index (χ3n) is 2.37. The molecule has 0 atom stereocenters. The van der Waals surface area contributed by atoms with E-state index in [9.17, 15) is 4.79 Å². The van der Waals surface area contributed by atoms with Crippen molar-refractivity contribution in [2.24, 2.45) is 0 Å². The van der Waals surface area contributed by atoms with Crippen molar-refractivity contribution in [1.29, 1.82) is 0 Å². The molecule has 0 saturated heterocycles. The van der Waals surface area contributed by atoms with Crippen LogP contribution in [0.1, 0.15) is 12.0 Å². The molecule has 1 rings (SSSR count). The number of nitrogens with zero attached hydrogens (tertiary/aromatic N) is 1. The number of carbonyl (C=O) groups is 1. The topological polar surface area (TPSA) is 29.5 Å². The van der Waals surface area contributed by atoms with Gasteiger partial charge in [0.05, 0.1) is 11.6 Å². The molecular formula is C12H15BrClNO2. The minimum absolute atomic E-state index is 0.0481. The maximum Gasteiger partial charge on any atom is 0.223 e. The minimum Gasteiger partial charge on any atom is -0.496 e. The number of hydrogen-bond donors (Lipinski definition) is 0. The van der Waals surface area contributed by atoms with E-state index in [1.54, 1.807) is 19.1 Å². The van der Waals surface area contributed by atoms with E-state index < -0.39 is 0 Å². The van der Waals surface area contributed by atoms with E-state index in [1.807, 2.05) is 18.2 Å². The number of rotatable bonds is 5. The summed E-state index contributed by atoms with van der Waals surface area (Å²) < 4.78 is 6.03. The lowest BCUT2D eigenvalue weighted by Crippen LogP contribution is -2.26. The first kappa shape index (κ1) is 14.3. The Morgan fingerprint density at radius 1 is 1.53 bits per heavy atom. The van der Waals surface area contributed by atoms with Crippen LogP contribution in [0, 0.1) is 0 Å². The van der Waals surface area contributed by atoms with Crippen molar-refractivity contribution in [2.75, 3.05) is 20.0 Å². The predicted octanol–water partition coefficient (Wildman–Crippen LogP) is 3.05. The molecule has 0 saturated carbocycles. The molecule has 0 aliphatic carbocycles. The molecule has 5 heteroatoms. The van der Waals surface area contributed by atoms with Crippen LogP contribution >= 0.6 is 27.5 Å². The molecule has 0 N–H and O–H groups in total. The number of alkyl halides is 1. The van der Waals surface area contributed by atoms with Crippen LogP contribution in [0.4, 0.5) is 0 Å². The van der Waals surface area contributed by atoms with Gasteiger partial charge in [0.1, 0.15) is 5.75 Å². The summed E-state index contributed by atoms with van der Waals surface area (Å²) in [6.07, 6.45) is 0.370. The largest absolute Gasteiger partial charge is 0.496 e. The first-order chi connectivity index (χ1) is 8.08. The lowest BCUT2D eigenvalue weighted by molar-refractivity contribution is -0.129. The van der Waals surface area contributed by atoms with Gasteiger partial charge in [-0.05, 0) is 33.6 Å². The van der Waals surface area contributed by atoms with Gasteiger partial charge in [-0.15, -0.1) is 11.6 Å². The average molecular weight is 321 g/mol. The van der Waals surface area contributed by atoms with Gasteiger partial charge in [-0.1, -0.05) is 6.07 Å². The van der Waals surface area contributed by atoms with Crippen molar-refractivity contribution < 1.29 is 9.53 Å². The maximum absolute atomic E-state index is 11.6. The molecule has 0 bridgehead atoms. The van der Waals surface area contributed by atoms with E-state index in [-0.39, 0.29) is 5.91 Å². The minimum atomic E-state index is 0.0481. The number of halogens is 2. The van der Waals surface area contributed by atoms with Gasteiger partial charge in [0, 0.05) is 25.9 Å².